The third-order valence-electron chi connectivity index (χ3n) is 14.2. The van der Waals surface area contributed by atoms with Gasteiger partial charge in [0.15, 0.2) is 0 Å². The number of piperazine rings is 1. The quantitative estimate of drug-likeness (QED) is 0.204. The maximum absolute atomic E-state index is 14.8. The van der Waals surface area contributed by atoms with Gasteiger partial charge in [0.25, 0.3) is 5.91 Å². The second kappa shape index (κ2) is 13.0. The zero-order chi connectivity index (χ0) is 37.3. The second-order valence-electron chi connectivity index (χ2n) is 18.8. The van der Waals surface area contributed by atoms with Crippen LogP contribution in [0.3, 0.4) is 0 Å². The Morgan fingerprint density at radius 3 is 2.04 bits per heavy atom. The number of likely N-dealkylation sites (tertiary alicyclic amines) is 1. The number of hydrogen-bond donors (Lipinski definition) is 5. The Kier molecular flexibility index (Phi) is 9.58. The molecule has 0 aromatic heterocycles. The van der Waals surface area contributed by atoms with Gasteiger partial charge in [0, 0.05) is 37.1 Å². The lowest BCUT2D eigenvalue weighted by molar-refractivity contribution is -0.143. The minimum Gasteiger partial charge on any atom is -0.363 e. The van der Waals surface area contributed by atoms with E-state index in [-0.39, 0.29) is 45.4 Å². The van der Waals surface area contributed by atoms with Gasteiger partial charge in [0.2, 0.25) is 23.5 Å². The van der Waals surface area contributed by atoms with Crippen LogP contribution in [0.15, 0.2) is 0 Å². The van der Waals surface area contributed by atoms with Gasteiger partial charge >= 0.3 is 6.03 Å². The van der Waals surface area contributed by atoms with Crippen molar-refractivity contribution in [1.82, 2.24) is 31.1 Å². The lowest BCUT2D eigenvalue weighted by Crippen LogP contribution is -2.63. The number of nitrogens with one attached hydrogen (secondary N) is 4. The van der Waals surface area contributed by atoms with Crippen LogP contribution in [0, 0.1) is 33.5 Å². The minimum absolute atomic E-state index is 0.00406. The van der Waals surface area contributed by atoms with Gasteiger partial charge in [-0.1, -0.05) is 74.1 Å². The molecule has 51 heavy (non-hydrogen) atoms. The van der Waals surface area contributed by atoms with Crippen LogP contribution in [0.1, 0.15) is 113 Å². The van der Waals surface area contributed by atoms with Crippen LogP contribution in [0.25, 0.3) is 0 Å². The molecule has 2 saturated heterocycles. The maximum Gasteiger partial charge on any atom is 0.316 e. The van der Waals surface area contributed by atoms with Crippen LogP contribution in [0.4, 0.5) is 4.79 Å². The largest absolute Gasteiger partial charge is 0.363 e. The molecule has 284 valence electrons. The highest BCUT2D eigenvalue weighted by molar-refractivity contribution is 6.37. The summed E-state index contributed by atoms with van der Waals surface area (Å²) < 4.78 is 0. The molecule has 0 radical (unpaired) electrons. The van der Waals surface area contributed by atoms with Gasteiger partial charge in [0.05, 0.1) is 6.04 Å². The fraction of sp³-hybridized carbons (Fsp3) is 0.842. The van der Waals surface area contributed by atoms with E-state index in [0.29, 0.717) is 39.0 Å². The number of hydrogen-bond acceptors (Lipinski definition) is 7. The van der Waals surface area contributed by atoms with E-state index in [4.69, 9.17) is 5.73 Å². The third-order valence-corrected chi connectivity index (χ3v) is 14.2. The summed E-state index contributed by atoms with van der Waals surface area (Å²) in [6.45, 7) is 16.1. The number of carbonyl (C=O) groups is 6. The molecule has 6 aliphatic rings. The first kappa shape index (κ1) is 37.5. The first-order valence-electron chi connectivity index (χ1n) is 19.3. The van der Waals surface area contributed by atoms with Crippen molar-refractivity contribution >= 4 is 35.4 Å². The van der Waals surface area contributed by atoms with Crippen molar-refractivity contribution in [3.63, 3.8) is 0 Å². The molecular weight excluding hydrogens is 650 g/mol. The molecule has 13 heteroatoms. The molecule has 2 heterocycles. The van der Waals surface area contributed by atoms with Crippen LogP contribution in [0.2, 0.25) is 0 Å². The number of rotatable bonds is 11. The summed E-state index contributed by atoms with van der Waals surface area (Å²) in [5, 5.41) is 12.2. The summed E-state index contributed by atoms with van der Waals surface area (Å²) in [6, 6.07) is -4.34. The van der Waals surface area contributed by atoms with Gasteiger partial charge in [-0.05, 0) is 66.6 Å². The van der Waals surface area contributed by atoms with Gasteiger partial charge in [0.1, 0.15) is 18.1 Å². The van der Waals surface area contributed by atoms with Crippen LogP contribution in [-0.4, -0.2) is 101 Å². The molecule has 0 aromatic rings. The van der Waals surface area contributed by atoms with Crippen LogP contribution < -0.4 is 27.0 Å². The van der Waals surface area contributed by atoms with Crippen LogP contribution in [0.5, 0.6) is 0 Å². The van der Waals surface area contributed by atoms with E-state index in [2.05, 4.69) is 35.1 Å². The Morgan fingerprint density at radius 2 is 1.55 bits per heavy atom. The Labute approximate surface area is 302 Å². The monoisotopic (exact) mass is 711 g/mol. The van der Waals surface area contributed by atoms with E-state index in [1.807, 2.05) is 39.5 Å². The summed E-state index contributed by atoms with van der Waals surface area (Å²) in [7, 11) is 0. The molecule has 1 unspecified atom stereocenters. The number of carbonyl (C=O) groups excluding carboxylic acids is 6. The number of primary amides is 1. The molecule has 3 spiro atoms. The van der Waals surface area contributed by atoms with Gasteiger partial charge < -0.3 is 36.8 Å². The van der Waals surface area contributed by atoms with Crippen molar-refractivity contribution in [2.24, 2.45) is 39.2 Å². The fourth-order valence-corrected chi connectivity index (χ4v) is 10.3. The maximum atomic E-state index is 14.8. The fourth-order valence-electron chi connectivity index (χ4n) is 10.3. The van der Waals surface area contributed by atoms with Crippen molar-refractivity contribution in [3.8, 4) is 0 Å². The molecule has 4 aliphatic carbocycles. The predicted octanol–water partition coefficient (Wildman–Crippen LogP) is 2.22. The highest BCUT2D eigenvalue weighted by Crippen LogP contribution is 2.88. The summed E-state index contributed by atoms with van der Waals surface area (Å²) >= 11 is 0. The van der Waals surface area contributed by atoms with E-state index in [0.717, 1.165) is 51.4 Å². The Hall–Kier alpha value is -3.22. The normalized spacial score (nSPS) is 28.7. The molecule has 5 atom stereocenters. The zero-order valence-electron chi connectivity index (χ0n) is 31.8. The van der Waals surface area contributed by atoms with Gasteiger partial charge in [-0.15, -0.1) is 0 Å². The Balaban J connectivity index is 1.22. The third kappa shape index (κ3) is 6.43. The highest BCUT2D eigenvalue weighted by Gasteiger charge is 2.85. The first-order valence-corrected chi connectivity index (χ1v) is 19.3. The number of amides is 6. The Bertz CT molecular complexity index is 1460. The van der Waals surface area contributed by atoms with Crippen molar-refractivity contribution in [2.45, 2.75) is 142 Å². The molecule has 6 amide bonds. The molecular formula is C38H61N7O6. The number of ketones is 1. The lowest BCUT2D eigenvalue weighted by atomic mass is 9.73. The van der Waals surface area contributed by atoms with E-state index in [1.54, 1.807) is 4.90 Å². The number of Topliss-reactive ketones (excluding diaryl/α,β-unsaturated/α-hetero) is 1. The van der Waals surface area contributed by atoms with Crippen molar-refractivity contribution in [2.75, 3.05) is 26.2 Å². The highest BCUT2D eigenvalue weighted by atomic mass is 16.2. The van der Waals surface area contributed by atoms with Gasteiger partial charge in [-0.3, -0.25) is 24.0 Å². The topological polar surface area (TPSA) is 183 Å². The standard InChI is InChI=1S/C38H61N7O6/c1-22(2)26(31(49)44-17-16-40-36(20-44)14-15-36)42-33(51)43-28(34(3,4)5)32(50)45-21-38(35(6,7)37(38)12-9-13-37)19-25(45)30(48)41-24(27(46)29(39)47)18-23-10-8-11-23/h22-26,28,40H,8-21H2,1-7H3,(H2,39,47)(H,41,48)(H2,42,43,51)/t24?,25-,26-,28+,38+/m0/s1. The number of nitrogens with two attached hydrogens (primary N) is 1. The van der Waals surface area contributed by atoms with Crippen LogP contribution >= 0.6 is 0 Å². The average Bonchev–Trinajstić information content (AvgIpc) is 3.76. The SMILES string of the molecule is CC(C)[C@H](NC(=O)N[C@H](C(=O)N1C[C@]2(C[C@H]1C(=O)NC(CC1CCC1)C(=O)C(N)=O)C(C)(C)C21CCC1)C(C)(C)C)C(=O)N1CCNC2(CC2)C1. The summed E-state index contributed by atoms with van der Waals surface area (Å²) in [5.74, 6) is -2.85. The predicted molar refractivity (Wildman–Crippen MR) is 191 cm³/mol. The summed E-state index contributed by atoms with van der Waals surface area (Å²) in [6.07, 6.45) is 8.89. The van der Waals surface area contributed by atoms with Crippen molar-refractivity contribution < 1.29 is 28.8 Å². The molecule has 6 fully saturated rings. The minimum atomic E-state index is -1.09. The summed E-state index contributed by atoms with van der Waals surface area (Å²) in [5.41, 5.74) is 4.30. The first-order chi connectivity index (χ1) is 23.8. The van der Waals surface area contributed by atoms with E-state index < -0.39 is 53.2 Å². The number of fused-ring (bicyclic) bond motifs is 1. The molecule has 0 bridgehead atoms. The number of nitrogens with zero attached hydrogens (tertiary/aromatic N) is 2. The smallest absolute Gasteiger partial charge is 0.316 e. The van der Waals surface area contributed by atoms with Gasteiger partial charge in [-0.25, -0.2) is 4.79 Å². The molecule has 0 aromatic carbocycles. The second-order valence-corrected chi connectivity index (χ2v) is 18.8. The molecule has 6 N–H and O–H groups in total. The lowest BCUT2D eigenvalue weighted by Gasteiger charge is -2.38. The Morgan fingerprint density at radius 1 is 0.882 bits per heavy atom. The zero-order valence-corrected chi connectivity index (χ0v) is 31.8. The number of urea groups is 1. The summed E-state index contributed by atoms with van der Waals surface area (Å²) in [4.78, 5) is 84.9. The molecule has 2 aliphatic heterocycles. The van der Waals surface area contributed by atoms with Crippen molar-refractivity contribution in [1.29, 1.82) is 0 Å². The molecule has 4 saturated carbocycles. The average molecular weight is 712 g/mol. The van der Waals surface area contributed by atoms with Gasteiger partial charge in [-0.2, -0.15) is 0 Å². The van der Waals surface area contributed by atoms with Crippen LogP contribution in [-0.2, 0) is 24.0 Å². The van der Waals surface area contributed by atoms with Crippen molar-refractivity contribution in [3.05, 3.63) is 0 Å². The molecule has 6 rings (SSSR count). The van der Waals surface area contributed by atoms with E-state index in [9.17, 15) is 28.8 Å². The van der Waals surface area contributed by atoms with E-state index >= 15 is 0 Å². The van der Waals surface area contributed by atoms with E-state index in [1.165, 1.54) is 0 Å². The molecule has 13 nitrogen and oxygen atoms in total.